The quantitative estimate of drug-likeness (QED) is 0.594. The highest BCUT2D eigenvalue weighted by molar-refractivity contribution is 8.00. The van der Waals surface area contributed by atoms with E-state index < -0.39 is 0 Å². The summed E-state index contributed by atoms with van der Waals surface area (Å²) in [5.41, 5.74) is 5.59. The zero-order valence-corrected chi connectivity index (χ0v) is 17.7. The first-order valence-corrected chi connectivity index (χ1v) is 10.4. The summed E-state index contributed by atoms with van der Waals surface area (Å²) >= 11 is 1.58. The molecule has 1 atom stereocenters. The van der Waals surface area contributed by atoms with Gasteiger partial charge in [-0.15, -0.1) is 11.8 Å². The van der Waals surface area contributed by atoms with Gasteiger partial charge in [0.1, 0.15) is 0 Å². The molecule has 3 rings (SSSR count). The van der Waals surface area contributed by atoms with E-state index >= 15 is 0 Å². The third-order valence-electron chi connectivity index (χ3n) is 4.85. The number of amides is 1. The van der Waals surface area contributed by atoms with E-state index in [1.807, 2.05) is 36.7 Å². The van der Waals surface area contributed by atoms with Crippen LogP contribution in [-0.2, 0) is 17.9 Å². The van der Waals surface area contributed by atoms with Crippen LogP contribution in [0.3, 0.4) is 0 Å². The highest BCUT2D eigenvalue weighted by Crippen LogP contribution is 2.24. The number of nitrogens with one attached hydrogen (secondary N) is 1. The Balaban J connectivity index is 1.60. The molecule has 28 heavy (non-hydrogen) atoms. The number of benzene rings is 2. The fourth-order valence-corrected chi connectivity index (χ4v) is 3.99. The van der Waals surface area contributed by atoms with E-state index in [-0.39, 0.29) is 11.2 Å². The molecule has 0 aliphatic rings. The van der Waals surface area contributed by atoms with Crippen LogP contribution in [-0.4, -0.2) is 20.9 Å². The van der Waals surface area contributed by atoms with Crippen molar-refractivity contribution in [3.05, 3.63) is 82.7 Å². The molecular weight excluding hydrogens is 366 g/mol. The molecule has 0 unspecified atom stereocenters. The van der Waals surface area contributed by atoms with Gasteiger partial charge in [0, 0.05) is 22.7 Å². The van der Waals surface area contributed by atoms with E-state index in [1.165, 1.54) is 11.1 Å². The van der Waals surface area contributed by atoms with Crippen molar-refractivity contribution in [2.45, 2.75) is 50.9 Å². The number of hydrogen-bond donors (Lipinski definition) is 1. The highest BCUT2D eigenvalue weighted by Gasteiger charge is 2.17. The second-order valence-electron chi connectivity index (χ2n) is 7.08. The number of nitrogens with zero attached hydrogens (tertiary/aromatic N) is 2. The second kappa shape index (κ2) is 9.11. The number of aromatic nitrogens is 2. The van der Waals surface area contributed by atoms with Crippen molar-refractivity contribution in [3.63, 3.8) is 0 Å². The van der Waals surface area contributed by atoms with Crippen LogP contribution in [0.5, 0.6) is 0 Å². The first-order valence-electron chi connectivity index (χ1n) is 9.52. The Hall–Kier alpha value is -2.53. The molecule has 1 aromatic heterocycles. The topological polar surface area (TPSA) is 46.9 Å². The number of rotatable bonds is 7. The van der Waals surface area contributed by atoms with Crippen LogP contribution in [0, 0.1) is 20.8 Å². The summed E-state index contributed by atoms with van der Waals surface area (Å²) in [6.45, 7) is 9.31. The van der Waals surface area contributed by atoms with Crippen molar-refractivity contribution in [1.82, 2.24) is 15.1 Å². The lowest BCUT2D eigenvalue weighted by atomic mass is 10.2. The van der Waals surface area contributed by atoms with Gasteiger partial charge in [-0.1, -0.05) is 48.0 Å². The van der Waals surface area contributed by atoms with Crippen LogP contribution in [0.1, 0.15) is 35.0 Å². The van der Waals surface area contributed by atoms with E-state index in [4.69, 9.17) is 0 Å². The van der Waals surface area contributed by atoms with Crippen LogP contribution < -0.4 is 5.32 Å². The molecule has 0 radical (unpaired) electrons. The fraction of sp³-hybridized carbons (Fsp3) is 0.304. The van der Waals surface area contributed by atoms with Gasteiger partial charge >= 0.3 is 0 Å². The molecule has 1 amide bonds. The minimum Gasteiger partial charge on any atom is -0.351 e. The third kappa shape index (κ3) is 5.04. The smallest absolute Gasteiger partial charge is 0.233 e. The van der Waals surface area contributed by atoms with Gasteiger partial charge in [0.2, 0.25) is 5.91 Å². The molecule has 5 heteroatoms. The van der Waals surface area contributed by atoms with Gasteiger partial charge in [0.15, 0.2) is 0 Å². The largest absolute Gasteiger partial charge is 0.351 e. The summed E-state index contributed by atoms with van der Waals surface area (Å²) < 4.78 is 2.01. The van der Waals surface area contributed by atoms with Crippen LogP contribution in [0.25, 0.3) is 0 Å². The maximum Gasteiger partial charge on any atom is 0.233 e. The predicted molar refractivity (Wildman–Crippen MR) is 116 cm³/mol. The Kier molecular flexibility index (Phi) is 6.57. The summed E-state index contributed by atoms with van der Waals surface area (Å²) in [7, 11) is 0. The maximum absolute atomic E-state index is 12.5. The van der Waals surface area contributed by atoms with Gasteiger partial charge in [-0.3, -0.25) is 9.48 Å². The van der Waals surface area contributed by atoms with Crippen molar-refractivity contribution < 1.29 is 4.79 Å². The average molecular weight is 394 g/mol. The predicted octanol–water partition coefficient (Wildman–Crippen LogP) is 4.65. The summed E-state index contributed by atoms with van der Waals surface area (Å²) in [4.78, 5) is 13.7. The van der Waals surface area contributed by atoms with Crippen molar-refractivity contribution in [1.29, 1.82) is 0 Å². The first-order chi connectivity index (χ1) is 13.4. The first kappa shape index (κ1) is 20.2. The molecule has 4 nitrogen and oxygen atoms in total. The fourth-order valence-electron chi connectivity index (χ4n) is 3.09. The molecule has 1 N–H and O–H groups in total. The van der Waals surface area contributed by atoms with E-state index in [0.717, 1.165) is 28.4 Å². The minimum absolute atomic E-state index is 0.0418. The number of thioether (sulfide) groups is 1. The lowest BCUT2D eigenvalue weighted by Gasteiger charge is -2.12. The van der Waals surface area contributed by atoms with Crippen molar-refractivity contribution in [3.8, 4) is 0 Å². The molecule has 0 aliphatic heterocycles. The van der Waals surface area contributed by atoms with Crippen LogP contribution in [0.2, 0.25) is 0 Å². The molecule has 146 valence electrons. The average Bonchev–Trinajstić information content (AvgIpc) is 2.95. The van der Waals surface area contributed by atoms with Crippen molar-refractivity contribution >= 4 is 17.7 Å². The zero-order valence-electron chi connectivity index (χ0n) is 16.9. The number of aryl methyl sites for hydroxylation is 2. The maximum atomic E-state index is 12.5. The van der Waals surface area contributed by atoms with Gasteiger partial charge < -0.3 is 5.32 Å². The Labute approximate surface area is 171 Å². The Morgan fingerprint density at radius 1 is 1.07 bits per heavy atom. The summed E-state index contributed by atoms with van der Waals surface area (Å²) in [5, 5.41) is 7.59. The number of hydrogen-bond acceptors (Lipinski definition) is 3. The molecule has 0 saturated heterocycles. The van der Waals surface area contributed by atoms with Gasteiger partial charge in [-0.2, -0.15) is 5.10 Å². The van der Waals surface area contributed by atoms with E-state index in [0.29, 0.717) is 6.54 Å². The second-order valence-corrected chi connectivity index (χ2v) is 8.50. The summed E-state index contributed by atoms with van der Waals surface area (Å²) in [6, 6.07) is 18.6. The Morgan fingerprint density at radius 3 is 2.43 bits per heavy atom. The van der Waals surface area contributed by atoms with Crippen molar-refractivity contribution in [2.24, 2.45) is 0 Å². The molecule has 0 fully saturated rings. The number of carbonyl (C=O) groups excluding carboxylic acids is 1. The van der Waals surface area contributed by atoms with Gasteiger partial charge in [0.05, 0.1) is 17.5 Å². The van der Waals surface area contributed by atoms with Crippen LogP contribution >= 0.6 is 11.8 Å². The number of carbonyl (C=O) groups is 1. The monoisotopic (exact) mass is 393 g/mol. The lowest BCUT2D eigenvalue weighted by Crippen LogP contribution is -2.30. The Bertz CT molecular complexity index is 932. The minimum atomic E-state index is -0.150. The molecule has 0 saturated carbocycles. The van der Waals surface area contributed by atoms with E-state index in [2.05, 4.69) is 60.7 Å². The molecule has 1 heterocycles. The normalized spacial score (nSPS) is 12.0. The summed E-state index contributed by atoms with van der Waals surface area (Å²) in [5.74, 6) is 0.0418. The van der Waals surface area contributed by atoms with Crippen LogP contribution in [0.4, 0.5) is 0 Å². The Morgan fingerprint density at radius 2 is 1.75 bits per heavy atom. The summed E-state index contributed by atoms with van der Waals surface area (Å²) in [6.07, 6.45) is 0. The molecule has 0 bridgehead atoms. The highest BCUT2D eigenvalue weighted by atomic mass is 32.2. The van der Waals surface area contributed by atoms with E-state index in [1.54, 1.807) is 11.8 Å². The molecule has 2 aromatic carbocycles. The SMILES string of the molecule is Cc1ccc(S[C@H](C)C(=O)NCc2c(C)nn(Cc3ccccc3)c2C)cc1. The van der Waals surface area contributed by atoms with Crippen molar-refractivity contribution in [2.75, 3.05) is 0 Å². The zero-order chi connectivity index (χ0) is 20.1. The molecular formula is C23H27N3OS. The standard InChI is InChI=1S/C23H27N3OS/c1-16-10-12-21(13-11-16)28-19(4)23(27)24-14-22-17(2)25-26(18(22)3)15-20-8-6-5-7-9-20/h5-13,19H,14-15H2,1-4H3,(H,24,27)/t19-/m1/s1. The lowest BCUT2D eigenvalue weighted by molar-refractivity contribution is -0.120. The third-order valence-corrected chi connectivity index (χ3v) is 5.96. The van der Waals surface area contributed by atoms with Gasteiger partial charge in [0.25, 0.3) is 0 Å². The molecule has 0 aliphatic carbocycles. The molecule has 3 aromatic rings. The van der Waals surface area contributed by atoms with Gasteiger partial charge in [-0.05, 0) is 45.4 Å². The van der Waals surface area contributed by atoms with Gasteiger partial charge in [-0.25, -0.2) is 0 Å². The van der Waals surface area contributed by atoms with E-state index in [9.17, 15) is 4.79 Å². The molecule has 0 spiro atoms. The van der Waals surface area contributed by atoms with Crippen LogP contribution in [0.15, 0.2) is 59.5 Å².